The molecule has 3 aromatic rings. The van der Waals surface area contributed by atoms with Crippen molar-refractivity contribution in [3.8, 4) is 11.1 Å². The Morgan fingerprint density at radius 2 is 1.88 bits per heavy atom. The summed E-state index contributed by atoms with van der Waals surface area (Å²) in [6, 6.07) is 17.5. The second-order valence-electron chi connectivity index (χ2n) is 9.03. The van der Waals surface area contributed by atoms with E-state index in [0.29, 0.717) is 30.2 Å². The molecule has 0 aliphatic carbocycles. The third-order valence-electron chi connectivity index (χ3n) is 6.61. The molecule has 2 aliphatic heterocycles. The normalized spacial score (nSPS) is 22.3. The number of hydrogen-bond acceptors (Lipinski definition) is 7. The Labute approximate surface area is 199 Å². The Morgan fingerprint density at radius 1 is 1.12 bits per heavy atom. The van der Waals surface area contributed by atoms with Crippen molar-refractivity contribution < 1.29 is 14.2 Å². The summed E-state index contributed by atoms with van der Waals surface area (Å²) in [6.45, 7) is 2.36. The highest BCUT2D eigenvalue weighted by molar-refractivity contribution is 6.00. The lowest BCUT2D eigenvalue weighted by Crippen LogP contribution is -2.32. The van der Waals surface area contributed by atoms with Crippen LogP contribution in [0.4, 0.5) is 0 Å². The largest absolute Gasteiger partial charge is 0.399 e. The predicted molar refractivity (Wildman–Crippen MR) is 128 cm³/mol. The van der Waals surface area contributed by atoms with Crippen LogP contribution >= 0.6 is 0 Å². The van der Waals surface area contributed by atoms with Gasteiger partial charge in [0, 0.05) is 18.5 Å². The minimum absolute atomic E-state index is 0.0883. The maximum Gasteiger partial charge on any atom is 0.254 e. The SMILES string of the molecule is CON=C1C[C@@H](c2noc([C@H]3CCCN(C)C3)n2)N(C(=O)c2ccc(-c3ccccc3)cc2)C1. The van der Waals surface area contributed by atoms with Gasteiger partial charge in [0.25, 0.3) is 5.91 Å². The first-order valence-corrected chi connectivity index (χ1v) is 11.7. The van der Waals surface area contributed by atoms with Gasteiger partial charge in [-0.05, 0) is 49.7 Å². The third kappa shape index (κ3) is 4.59. The highest BCUT2D eigenvalue weighted by atomic mass is 16.6. The van der Waals surface area contributed by atoms with Gasteiger partial charge in [-0.15, -0.1) is 0 Å². The molecule has 5 rings (SSSR count). The van der Waals surface area contributed by atoms with Crippen LogP contribution in [0, 0.1) is 0 Å². The summed E-state index contributed by atoms with van der Waals surface area (Å²) in [7, 11) is 3.62. The van der Waals surface area contributed by atoms with Crippen molar-refractivity contribution in [1.29, 1.82) is 0 Å². The number of benzene rings is 2. The van der Waals surface area contributed by atoms with Gasteiger partial charge in [-0.1, -0.05) is 52.8 Å². The fourth-order valence-electron chi connectivity index (χ4n) is 4.86. The maximum atomic E-state index is 13.5. The first-order valence-electron chi connectivity index (χ1n) is 11.7. The first-order chi connectivity index (χ1) is 16.6. The average molecular weight is 460 g/mol. The standard InChI is InChI=1S/C26H29N5O3/c1-30-14-6-9-21(16-30)25-27-24(29-34-25)23-15-22(28-33-2)17-31(23)26(32)20-12-10-19(11-13-20)18-7-4-3-5-8-18/h3-5,7-8,10-13,21,23H,6,9,14-17H2,1-2H3/t21-,23-/m0/s1. The molecule has 34 heavy (non-hydrogen) atoms. The molecule has 0 bridgehead atoms. The van der Waals surface area contributed by atoms with Crippen molar-refractivity contribution in [1.82, 2.24) is 19.9 Å². The van der Waals surface area contributed by atoms with Crippen LogP contribution in [0.25, 0.3) is 11.1 Å². The maximum absolute atomic E-state index is 13.5. The second kappa shape index (κ2) is 9.77. The van der Waals surface area contributed by atoms with Gasteiger partial charge < -0.3 is 19.2 Å². The summed E-state index contributed by atoms with van der Waals surface area (Å²) in [5, 5.41) is 8.39. The minimum atomic E-state index is -0.339. The second-order valence-corrected chi connectivity index (χ2v) is 9.03. The summed E-state index contributed by atoms with van der Waals surface area (Å²) in [4.78, 5) is 27.3. The van der Waals surface area contributed by atoms with Gasteiger partial charge >= 0.3 is 0 Å². The number of amides is 1. The molecule has 2 atom stereocenters. The van der Waals surface area contributed by atoms with Crippen molar-refractivity contribution >= 4 is 11.6 Å². The quantitative estimate of drug-likeness (QED) is 0.534. The van der Waals surface area contributed by atoms with E-state index in [4.69, 9.17) is 14.3 Å². The molecule has 2 saturated heterocycles. The van der Waals surface area contributed by atoms with E-state index >= 15 is 0 Å². The molecule has 2 aromatic carbocycles. The third-order valence-corrected chi connectivity index (χ3v) is 6.61. The molecule has 1 aromatic heterocycles. The Bertz CT molecular complexity index is 1160. The molecule has 2 fully saturated rings. The number of likely N-dealkylation sites (N-methyl/N-ethyl adjacent to an activating group) is 1. The van der Waals surface area contributed by atoms with Crippen LogP contribution in [0.2, 0.25) is 0 Å². The molecule has 8 nitrogen and oxygen atoms in total. The molecule has 0 radical (unpaired) electrons. The number of oxime groups is 1. The van der Waals surface area contributed by atoms with Crippen LogP contribution < -0.4 is 0 Å². The summed E-state index contributed by atoms with van der Waals surface area (Å²) >= 11 is 0. The first kappa shape index (κ1) is 22.3. The van der Waals surface area contributed by atoms with E-state index in [1.165, 1.54) is 7.11 Å². The fourth-order valence-corrected chi connectivity index (χ4v) is 4.86. The Hall–Kier alpha value is -3.52. The number of likely N-dealkylation sites (tertiary alicyclic amines) is 2. The van der Waals surface area contributed by atoms with E-state index in [-0.39, 0.29) is 17.9 Å². The number of carbonyl (C=O) groups is 1. The van der Waals surface area contributed by atoms with Crippen LogP contribution in [0.5, 0.6) is 0 Å². The van der Waals surface area contributed by atoms with E-state index in [1.54, 1.807) is 4.90 Å². The lowest BCUT2D eigenvalue weighted by molar-refractivity contribution is 0.0732. The highest BCUT2D eigenvalue weighted by Gasteiger charge is 2.38. The zero-order valence-electron chi connectivity index (χ0n) is 19.6. The van der Waals surface area contributed by atoms with Crippen molar-refractivity contribution in [2.45, 2.75) is 31.2 Å². The molecule has 0 N–H and O–H groups in total. The van der Waals surface area contributed by atoms with Gasteiger partial charge in [-0.25, -0.2) is 0 Å². The van der Waals surface area contributed by atoms with Gasteiger partial charge in [0.1, 0.15) is 13.2 Å². The van der Waals surface area contributed by atoms with Gasteiger partial charge in [0.15, 0.2) is 5.82 Å². The molecule has 176 valence electrons. The Balaban J connectivity index is 1.38. The Kier molecular flexibility index (Phi) is 6.40. The molecular formula is C26H29N5O3. The van der Waals surface area contributed by atoms with Gasteiger partial charge in [-0.2, -0.15) is 4.98 Å². The van der Waals surface area contributed by atoms with E-state index in [9.17, 15) is 4.79 Å². The van der Waals surface area contributed by atoms with Crippen LogP contribution in [-0.4, -0.2) is 65.4 Å². The molecule has 1 amide bonds. The fraction of sp³-hybridized carbons (Fsp3) is 0.385. The molecule has 8 heteroatoms. The summed E-state index contributed by atoms with van der Waals surface area (Å²) in [6.07, 6.45) is 2.66. The van der Waals surface area contributed by atoms with Crippen LogP contribution in [0.3, 0.4) is 0 Å². The number of aromatic nitrogens is 2. The lowest BCUT2D eigenvalue weighted by Gasteiger charge is -2.27. The summed E-state index contributed by atoms with van der Waals surface area (Å²) in [5.74, 6) is 1.31. The lowest BCUT2D eigenvalue weighted by atomic mass is 9.98. The number of hydrogen-bond donors (Lipinski definition) is 0. The number of carbonyl (C=O) groups excluding carboxylic acids is 1. The molecule has 0 spiro atoms. The summed E-state index contributed by atoms with van der Waals surface area (Å²) in [5.41, 5.74) is 3.58. The molecule has 2 aliphatic rings. The van der Waals surface area contributed by atoms with E-state index in [2.05, 4.69) is 34.4 Å². The van der Waals surface area contributed by atoms with E-state index in [0.717, 1.165) is 42.8 Å². The summed E-state index contributed by atoms with van der Waals surface area (Å²) < 4.78 is 5.66. The smallest absolute Gasteiger partial charge is 0.254 e. The van der Waals surface area contributed by atoms with Crippen LogP contribution in [-0.2, 0) is 4.84 Å². The Morgan fingerprint density at radius 3 is 2.62 bits per heavy atom. The van der Waals surface area contributed by atoms with Crippen LogP contribution in [0.15, 0.2) is 64.3 Å². The predicted octanol–water partition coefficient (Wildman–Crippen LogP) is 4.14. The number of rotatable bonds is 5. The van der Waals surface area contributed by atoms with Crippen molar-refractivity contribution in [3.05, 3.63) is 71.9 Å². The molecule has 0 saturated carbocycles. The van der Waals surface area contributed by atoms with Crippen molar-refractivity contribution in [2.24, 2.45) is 5.16 Å². The van der Waals surface area contributed by atoms with E-state index < -0.39 is 0 Å². The highest BCUT2D eigenvalue weighted by Crippen LogP contribution is 2.33. The molecule has 0 unspecified atom stereocenters. The zero-order valence-corrected chi connectivity index (χ0v) is 19.6. The topological polar surface area (TPSA) is 84.1 Å². The monoisotopic (exact) mass is 459 g/mol. The molecule has 3 heterocycles. The molecular weight excluding hydrogens is 430 g/mol. The van der Waals surface area contributed by atoms with Crippen molar-refractivity contribution in [3.63, 3.8) is 0 Å². The van der Waals surface area contributed by atoms with Gasteiger partial charge in [0.05, 0.1) is 18.2 Å². The van der Waals surface area contributed by atoms with Crippen LogP contribution in [0.1, 0.15) is 53.3 Å². The van der Waals surface area contributed by atoms with Gasteiger partial charge in [0.2, 0.25) is 5.89 Å². The average Bonchev–Trinajstić information content (AvgIpc) is 3.52. The number of piperidine rings is 1. The zero-order chi connectivity index (χ0) is 23.5. The van der Waals surface area contributed by atoms with Crippen molar-refractivity contribution in [2.75, 3.05) is 33.8 Å². The minimum Gasteiger partial charge on any atom is -0.399 e. The van der Waals surface area contributed by atoms with E-state index in [1.807, 2.05) is 42.5 Å². The number of nitrogens with zero attached hydrogens (tertiary/aromatic N) is 5. The van der Waals surface area contributed by atoms with Gasteiger partial charge in [-0.3, -0.25) is 4.79 Å².